The van der Waals surface area contributed by atoms with E-state index < -0.39 is 6.03 Å². The molecule has 1 aliphatic rings. The van der Waals surface area contributed by atoms with Crippen LogP contribution in [0.25, 0.3) is 10.4 Å². The van der Waals surface area contributed by atoms with Crippen molar-refractivity contribution in [1.29, 1.82) is 0 Å². The fraction of sp³-hybridized carbons (Fsp3) is 0.400. The van der Waals surface area contributed by atoms with E-state index in [4.69, 9.17) is 19.9 Å². The van der Waals surface area contributed by atoms with Crippen LogP contribution in [0.5, 0.6) is 17.2 Å². The first-order chi connectivity index (χ1) is 14.5. The Kier molecular flexibility index (Phi) is 7.01. The van der Waals surface area contributed by atoms with Gasteiger partial charge in [0.05, 0.1) is 26.9 Å². The van der Waals surface area contributed by atoms with E-state index >= 15 is 0 Å². The molecule has 1 aromatic carbocycles. The summed E-state index contributed by atoms with van der Waals surface area (Å²) in [5.41, 5.74) is 6.36. The summed E-state index contributed by atoms with van der Waals surface area (Å²) in [5, 5.41) is 9.21. The largest absolute Gasteiger partial charge is 0.493 e. The minimum Gasteiger partial charge on any atom is -0.493 e. The van der Waals surface area contributed by atoms with Gasteiger partial charge < -0.3 is 30.6 Å². The van der Waals surface area contributed by atoms with Crippen LogP contribution in [-0.4, -0.2) is 52.4 Å². The molecular weight excluding hydrogens is 408 g/mol. The van der Waals surface area contributed by atoms with Gasteiger partial charge in [0.25, 0.3) is 5.91 Å². The highest BCUT2D eigenvalue weighted by atomic mass is 32.1. The Bertz CT molecular complexity index is 924. The van der Waals surface area contributed by atoms with Gasteiger partial charge in [-0.25, -0.2) is 4.79 Å². The fourth-order valence-electron chi connectivity index (χ4n) is 3.43. The molecule has 1 aromatic heterocycles. The zero-order valence-electron chi connectivity index (χ0n) is 17.2. The maximum absolute atomic E-state index is 12.9. The molecule has 0 aliphatic carbocycles. The number of hydrogen-bond donors (Lipinski definition) is 4. The van der Waals surface area contributed by atoms with Crippen molar-refractivity contribution >= 4 is 28.3 Å². The second kappa shape index (κ2) is 9.68. The maximum Gasteiger partial charge on any atom is 0.317 e. The topological polar surface area (TPSA) is 124 Å². The summed E-state index contributed by atoms with van der Waals surface area (Å²) in [6, 6.07) is 4.58. The molecule has 1 saturated heterocycles. The van der Waals surface area contributed by atoms with Crippen LogP contribution in [0.1, 0.15) is 23.2 Å². The molecule has 162 valence electrons. The van der Waals surface area contributed by atoms with Crippen LogP contribution in [0.15, 0.2) is 18.2 Å². The van der Waals surface area contributed by atoms with Crippen molar-refractivity contribution in [3.8, 4) is 27.7 Å². The lowest BCUT2D eigenvalue weighted by atomic mass is 10.1. The molecule has 0 bridgehead atoms. The third-order valence-corrected chi connectivity index (χ3v) is 5.90. The predicted molar refractivity (Wildman–Crippen MR) is 116 cm³/mol. The minimum absolute atomic E-state index is 0.0339. The number of urea groups is 1. The van der Waals surface area contributed by atoms with Crippen molar-refractivity contribution in [2.75, 3.05) is 39.7 Å². The molecule has 1 atom stereocenters. The number of primary amides is 1. The number of hydrogen-bond acceptors (Lipinski definition) is 7. The van der Waals surface area contributed by atoms with Gasteiger partial charge in [0.1, 0.15) is 5.00 Å². The Hall–Kier alpha value is -2.98. The first-order valence-corrected chi connectivity index (χ1v) is 10.3. The summed E-state index contributed by atoms with van der Waals surface area (Å²) >= 11 is 1.23. The first-order valence-electron chi connectivity index (χ1n) is 9.49. The first kappa shape index (κ1) is 21.7. The number of methoxy groups -OCH3 is 3. The van der Waals surface area contributed by atoms with Crippen LogP contribution in [0.2, 0.25) is 0 Å². The number of thiophene rings is 1. The van der Waals surface area contributed by atoms with Gasteiger partial charge in [0.2, 0.25) is 5.75 Å². The molecule has 0 spiro atoms. The number of carbonyl (C=O) groups excluding carboxylic acids is 2. The van der Waals surface area contributed by atoms with Crippen molar-refractivity contribution in [2.24, 2.45) is 5.73 Å². The number of benzene rings is 1. The van der Waals surface area contributed by atoms with E-state index in [0.29, 0.717) is 44.8 Å². The lowest BCUT2D eigenvalue weighted by molar-refractivity contribution is 0.0932. The van der Waals surface area contributed by atoms with Gasteiger partial charge in [0.15, 0.2) is 11.5 Å². The Balaban J connectivity index is 2.00. The molecule has 10 heteroatoms. The van der Waals surface area contributed by atoms with E-state index in [-0.39, 0.29) is 11.9 Å². The van der Waals surface area contributed by atoms with E-state index in [1.807, 2.05) is 6.07 Å². The van der Waals surface area contributed by atoms with Gasteiger partial charge in [-0.05, 0) is 37.6 Å². The number of rotatable bonds is 7. The highest BCUT2D eigenvalue weighted by Crippen LogP contribution is 2.47. The second-order valence-corrected chi connectivity index (χ2v) is 7.79. The zero-order valence-corrected chi connectivity index (χ0v) is 18.0. The maximum atomic E-state index is 12.9. The molecule has 2 heterocycles. The summed E-state index contributed by atoms with van der Waals surface area (Å²) in [6.07, 6.45) is 1.90. The van der Waals surface area contributed by atoms with Crippen LogP contribution in [0.3, 0.4) is 0 Å². The van der Waals surface area contributed by atoms with E-state index in [0.717, 1.165) is 19.4 Å². The summed E-state index contributed by atoms with van der Waals surface area (Å²) in [5.74, 6) is 1.16. The molecule has 9 nitrogen and oxygen atoms in total. The molecule has 3 rings (SSSR count). The standard InChI is InChI=1S/C20H26N4O5S/c1-27-14-7-6-12(16(28-2)17(14)29-3)15-9-13(19(30-15)24-20(21)26)18(25)23-11-5-4-8-22-10-11/h6-7,9,11,22H,4-5,8,10H2,1-3H3,(H,23,25)(H3,21,24,26)/t11-/m0/s1. The molecule has 1 fully saturated rings. The Morgan fingerprint density at radius 1 is 1.17 bits per heavy atom. The molecule has 0 radical (unpaired) electrons. The smallest absolute Gasteiger partial charge is 0.317 e. The van der Waals surface area contributed by atoms with Crippen LogP contribution < -0.4 is 35.9 Å². The van der Waals surface area contributed by atoms with Gasteiger partial charge in [-0.2, -0.15) is 0 Å². The van der Waals surface area contributed by atoms with Gasteiger partial charge in [0, 0.05) is 23.0 Å². The third kappa shape index (κ3) is 4.60. The van der Waals surface area contributed by atoms with E-state index in [1.165, 1.54) is 25.6 Å². The molecule has 1 aliphatic heterocycles. The van der Waals surface area contributed by atoms with Crippen molar-refractivity contribution < 1.29 is 23.8 Å². The van der Waals surface area contributed by atoms with Crippen molar-refractivity contribution in [3.05, 3.63) is 23.8 Å². The van der Waals surface area contributed by atoms with Crippen LogP contribution >= 0.6 is 11.3 Å². The van der Waals surface area contributed by atoms with Crippen molar-refractivity contribution in [3.63, 3.8) is 0 Å². The SMILES string of the molecule is COc1ccc(-c2cc(C(=O)N[C@H]3CCCNC3)c(NC(N)=O)s2)c(OC)c1OC. The zero-order chi connectivity index (χ0) is 21.7. The number of nitrogens with two attached hydrogens (primary N) is 1. The third-order valence-electron chi connectivity index (χ3n) is 4.82. The summed E-state index contributed by atoms with van der Waals surface area (Å²) in [4.78, 5) is 25.2. The monoisotopic (exact) mass is 434 g/mol. The number of amides is 3. The average molecular weight is 435 g/mol. The Labute approximate surface area is 178 Å². The fourth-order valence-corrected chi connectivity index (χ4v) is 4.51. The van der Waals surface area contributed by atoms with Crippen LogP contribution in [-0.2, 0) is 0 Å². The summed E-state index contributed by atoms with van der Waals surface area (Å²) in [6.45, 7) is 1.66. The Morgan fingerprint density at radius 3 is 2.53 bits per heavy atom. The van der Waals surface area contributed by atoms with Crippen LogP contribution in [0, 0.1) is 0 Å². The van der Waals surface area contributed by atoms with E-state index in [1.54, 1.807) is 19.2 Å². The quantitative estimate of drug-likeness (QED) is 0.531. The molecular formula is C20H26N4O5S. The normalized spacial score (nSPS) is 15.9. The van der Waals surface area contributed by atoms with Gasteiger partial charge in [-0.3, -0.25) is 10.1 Å². The van der Waals surface area contributed by atoms with Gasteiger partial charge >= 0.3 is 6.03 Å². The highest BCUT2D eigenvalue weighted by Gasteiger charge is 2.24. The summed E-state index contributed by atoms with van der Waals surface area (Å²) in [7, 11) is 4.59. The number of nitrogens with one attached hydrogen (secondary N) is 3. The molecule has 0 unspecified atom stereocenters. The average Bonchev–Trinajstić information content (AvgIpc) is 3.16. The molecule has 3 amide bonds. The minimum atomic E-state index is -0.740. The highest BCUT2D eigenvalue weighted by molar-refractivity contribution is 7.20. The van der Waals surface area contributed by atoms with Crippen molar-refractivity contribution in [1.82, 2.24) is 10.6 Å². The number of carbonyl (C=O) groups is 2. The predicted octanol–water partition coefficient (Wildman–Crippen LogP) is 2.41. The second-order valence-electron chi connectivity index (χ2n) is 6.74. The van der Waals surface area contributed by atoms with Crippen LogP contribution in [0.4, 0.5) is 9.80 Å². The lowest BCUT2D eigenvalue weighted by Crippen LogP contribution is -2.45. The van der Waals surface area contributed by atoms with E-state index in [2.05, 4.69) is 16.0 Å². The Morgan fingerprint density at radius 2 is 1.93 bits per heavy atom. The van der Waals surface area contributed by atoms with Crippen molar-refractivity contribution in [2.45, 2.75) is 18.9 Å². The summed E-state index contributed by atoms with van der Waals surface area (Å²) < 4.78 is 16.3. The molecule has 0 saturated carbocycles. The van der Waals surface area contributed by atoms with Gasteiger partial charge in [-0.1, -0.05) is 0 Å². The van der Waals surface area contributed by atoms with Gasteiger partial charge in [-0.15, -0.1) is 11.3 Å². The molecule has 2 aromatic rings. The van der Waals surface area contributed by atoms with E-state index in [9.17, 15) is 9.59 Å². The number of ether oxygens (including phenoxy) is 3. The molecule has 30 heavy (non-hydrogen) atoms. The number of piperidine rings is 1. The lowest BCUT2D eigenvalue weighted by Gasteiger charge is -2.23. The molecule has 5 N–H and O–H groups in total. The number of anilines is 1.